The van der Waals surface area contributed by atoms with Crippen LogP contribution in [0.1, 0.15) is 24.3 Å². The number of hydrogen-bond donors (Lipinski definition) is 2. The third-order valence-corrected chi connectivity index (χ3v) is 2.96. The second kappa shape index (κ2) is 8.14. The van der Waals surface area contributed by atoms with Crippen LogP contribution in [0.3, 0.4) is 0 Å². The van der Waals surface area contributed by atoms with Gasteiger partial charge in [0.2, 0.25) is 12.3 Å². The molecule has 2 unspecified atom stereocenters. The lowest BCUT2D eigenvalue weighted by molar-refractivity contribution is -0.143. The summed E-state index contributed by atoms with van der Waals surface area (Å²) in [5.74, 6) is -2.37. The Morgan fingerprint density at radius 1 is 1.29 bits per heavy atom. The lowest BCUT2D eigenvalue weighted by Gasteiger charge is -2.17. The molecule has 2 atom stereocenters. The molecule has 4 nitrogen and oxygen atoms in total. The van der Waals surface area contributed by atoms with Gasteiger partial charge in [-0.25, -0.2) is 13.6 Å². The first-order valence-corrected chi connectivity index (χ1v) is 6.41. The van der Waals surface area contributed by atoms with Crippen molar-refractivity contribution in [3.8, 4) is 0 Å². The number of carboxylic acid groups (broad SMARTS) is 1. The Morgan fingerprint density at radius 3 is 2.38 bits per heavy atom. The summed E-state index contributed by atoms with van der Waals surface area (Å²) in [6.07, 6.45) is -2.18. The molecule has 0 aliphatic rings. The number of benzene rings is 1. The number of alkyl halides is 2. The molecule has 0 aliphatic carbocycles. The first-order chi connectivity index (χ1) is 9.93. The van der Waals surface area contributed by atoms with Crippen LogP contribution in [0.15, 0.2) is 43.0 Å². The van der Waals surface area contributed by atoms with E-state index < -0.39 is 30.8 Å². The van der Waals surface area contributed by atoms with Crippen molar-refractivity contribution < 1.29 is 23.5 Å². The van der Waals surface area contributed by atoms with Crippen LogP contribution in [0, 0.1) is 0 Å². The van der Waals surface area contributed by atoms with Crippen molar-refractivity contribution in [3.63, 3.8) is 0 Å². The zero-order valence-corrected chi connectivity index (χ0v) is 11.3. The minimum atomic E-state index is -2.80. The molecule has 6 heteroatoms. The molecule has 0 heterocycles. The van der Waals surface area contributed by atoms with E-state index in [0.29, 0.717) is 0 Å². The fourth-order valence-corrected chi connectivity index (χ4v) is 1.89. The highest BCUT2D eigenvalue weighted by Crippen LogP contribution is 2.20. The second-order valence-corrected chi connectivity index (χ2v) is 4.54. The van der Waals surface area contributed by atoms with Gasteiger partial charge >= 0.3 is 5.97 Å². The molecule has 0 spiro atoms. The van der Waals surface area contributed by atoms with Crippen molar-refractivity contribution in [1.29, 1.82) is 0 Å². The first kappa shape index (κ1) is 16.8. The molecule has 1 aromatic carbocycles. The third kappa shape index (κ3) is 5.72. The molecule has 0 aromatic heterocycles. The van der Waals surface area contributed by atoms with Gasteiger partial charge in [-0.3, -0.25) is 4.79 Å². The smallest absolute Gasteiger partial charge is 0.326 e. The molecule has 2 N–H and O–H groups in total. The Kier molecular flexibility index (Phi) is 6.52. The Labute approximate surface area is 121 Å². The molecule has 1 aromatic rings. The summed E-state index contributed by atoms with van der Waals surface area (Å²) in [5, 5.41) is 10.9. The van der Waals surface area contributed by atoms with E-state index >= 15 is 0 Å². The molecular formula is C15H17F2NO3. The minimum absolute atomic E-state index is 0.0411. The lowest BCUT2D eigenvalue weighted by atomic mass is 9.95. The van der Waals surface area contributed by atoms with Crippen LogP contribution in [-0.2, 0) is 9.59 Å². The minimum Gasteiger partial charge on any atom is -0.480 e. The maximum atomic E-state index is 12.3. The summed E-state index contributed by atoms with van der Waals surface area (Å²) < 4.78 is 24.5. The largest absolute Gasteiger partial charge is 0.480 e. The van der Waals surface area contributed by atoms with Gasteiger partial charge in [0.25, 0.3) is 0 Å². The van der Waals surface area contributed by atoms with Crippen molar-refractivity contribution in [2.45, 2.75) is 31.2 Å². The number of hydrogen-bond acceptors (Lipinski definition) is 2. The Balaban J connectivity index is 2.66. The number of carboxylic acids is 1. The SMILES string of the molecule is C=CC(CC(=O)NC(CC(F)F)C(=O)O)c1ccccc1. The van der Waals surface area contributed by atoms with Gasteiger partial charge in [0.05, 0.1) is 0 Å². The van der Waals surface area contributed by atoms with E-state index in [0.717, 1.165) is 5.56 Å². The van der Waals surface area contributed by atoms with Crippen molar-refractivity contribution in [1.82, 2.24) is 5.32 Å². The molecule has 0 fully saturated rings. The van der Waals surface area contributed by atoms with E-state index in [1.165, 1.54) is 0 Å². The maximum absolute atomic E-state index is 12.3. The van der Waals surface area contributed by atoms with Gasteiger partial charge in [-0.1, -0.05) is 36.4 Å². The topological polar surface area (TPSA) is 66.4 Å². The van der Waals surface area contributed by atoms with Gasteiger partial charge in [0, 0.05) is 18.8 Å². The zero-order valence-electron chi connectivity index (χ0n) is 11.3. The number of rotatable bonds is 8. The Hall–Kier alpha value is -2.24. The molecule has 21 heavy (non-hydrogen) atoms. The van der Waals surface area contributed by atoms with Gasteiger partial charge in [-0.2, -0.15) is 0 Å². The molecule has 0 radical (unpaired) electrons. The first-order valence-electron chi connectivity index (χ1n) is 6.41. The van der Waals surface area contributed by atoms with Crippen LogP contribution in [0.25, 0.3) is 0 Å². The van der Waals surface area contributed by atoms with Gasteiger partial charge in [0.1, 0.15) is 6.04 Å². The van der Waals surface area contributed by atoms with E-state index in [2.05, 4.69) is 11.9 Å². The summed E-state index contributed by atoms with van der Waals surface area (Å²) in [6, 6.07) is 7.48. The summed E-state index contributed by atoms with van der Waals surface area (Å²) in [7, 11) is 0. The normalized spacial score (nSPS) is 13.5. The number of aliphatic carboxylic acids is 1. The number of carbonyl (C=O) groups is 2. The highest BCUT2D eigenvalue weighted by molar-refractivity contribution is 5.84. The lowest BCUT2D eigenvalue weighted by Crippen LogP contribution is -2.42. The van der Waals surface area contributed by atoms with Crippen molar-refractivity contribution in [2.75, 3.05) is 0 Å². The molecule has 0 aliphatic heterocycles. The highest BCUT2D eigenvalue weighted by Gasteiger charge is 2.25. The monoisotopic (exact) mass is 297 g/mol. The van der Waals surface area contributed by atoms with Crippen LogP contribution < -0.4 is 5.32 Å². The highest BCUT2D eigenvalue weighted by atomic mass is 19.3. The fourth-order valence-electron chi connectivity index (χ4n) is 1.89. The fraction of sp³-hybridized carbons (Fsp3) is 0.333. The van der Waals surface area contributed by atoms with Crippen LogP contribution in [0.5, 0.6) is 0 Å². The van der Waals surface area contributed by atoms with Gasteiger partial charge in [-0.05, 0) is 5.56 Å². The summed E-state index contributed by atoms with van der Waals surface area (Å²) in [4.78, 5) is 22.6. The van der Waals surface area contributed by atoms with Crippen molar-refractivity contribution >= 4 is 11.9 Å². The summed E-state index contributed by atoms with van der Waals surface area (Å²) >= 11 is 0. The van der Waals surface area contributed by atoms with E-state index in [1.54, 1.807) is 18.2 Å². The molecule has 0 saturated carbocycles. The van der Waals surface area contributed by atoms with E-state index in [9.17, 15) is 18.4 Å². The molecular weight excluding hydrogens is 280 g/mol. The molecule has 1 rings (SSSR count). The number of carbonyl (C=O) groups excluding carboxylic acids is 1. The van der Waals surface area contributed by atoms with Crippen molar-refractivity contribution in [2.24, 2.45) is 0 Å². The van der Waals surface area contributed by atoms with E-state index in [1.807, 2.05) is 18.2 Å². The quantitative estimate of drug-likeness (QED) is 0.725. The summed E-state index contributed by atoms with van der Waals surface area (Å²) in [5.41, 5.74) is 0.850. The number of halogens is 2. The van der Waals surface area contributed by atoms with Crippen LogP contribution in [-0.4, -0.2) is 29.5 Å². The number of nitrogens with one attached hydrogen (secondary N) is 1. The molecule has 0 saturated heterocycles. The average molecular weight is 297 g/mol. The van der Waals surface area contributed by atoms with E-state index in [-0.39, 0.29) is 12.3 Å². The Morgan fingerprint density at radius 2 is 1.90 bits per heavy atom. The van der Waals surface area contributed by atoms with Gasteiger partial charge < -0.3 is 10.4 Å². The van der Waals surface area contributed by atoms with Gasteiger partial charge in [0.15, 0.2) is 0 Å². The number of allylic oxidation sites excluding steroid dienone is 1. The van der Waals surface area contributed by atoms with Crippen LogP contribution in [0.2, 0.25) is 0 Å². The third-order valence-electron chi connectivity index (χ3n) is 2.96. The zero-order chi connectivity index (χ0) is 15.8. The standard InChI is InChI=1S/C15H17F2NO3/c1-2-10(11-6-4-3-5-7-11)8-14(19)18-12(15(20)21)9-13(16)17/h2-7,10,12-13H,1,8-9H2,(H,18,19)(H,20,21). The Bertz CT molecular complexity index is 491. The van der Waals surface area contributed by atoms with Crippen molar-refractivity contribution in [3.05, 3.63) is 48.6 Å². The predicted octanol–water partition coefficient (Wildman–Crippen LogP) is 2.57. The molecule has 114 valence electrons. The molecule has 0 bridgehead atoms. The van der Waals surface area contributed by atoms with Crippen LogP contribution >= 0.6 is 0 Å². The molecule has 1 amide bonds. The van der Waals surface area contributed by atoms with Gasteiger partial charge in [-0.15, -0.1) is 6.58 Å². The average Bonchev–Trinajstić information content (AvgIpc) is 2.44. The number of amides is 1. The maximum Gasteiger partial charge on any atom is 0.326 e. The van der Waals surface area contributed by atoms with Crippen LogP contribution in [0.4, 0.5) is 8.78 Å². The van der Waals surface area contributed by atoms with E-state index in [4.69, 9.17) is 5.11 Å². The second-order valence-electron chi connectivity index (χ2n) is 4.54. The summed E-state index contributed by atoms with van der Waals surface area (Å²) in [6.45, 7) is 3.64. The predicted molar refractivity (Wildman–Crippen MR) is 74.2 cm³/mol.